The first-order chi connectivity index (χ1) is 7.72. The smallest absolute Gasteiger partial charge is 0.303 e. The molecule has 0 radical (unpaired) electrons. The Morgan fingerprint density at radius 3 is 2.88 bits per heavy atom. The molecule has 0 spiro atoms. The number of aryl methyl sites for hydroxylation is 1. The third kappa shape index (κ3) is 5.46. The summed E-state index contributed by atoms with van der Waals surface area (Å²) in [5, 5.41) is 8.46. The van der Waals surface area contributed by atoms with E-state index < -0.39 is 5.97 Å². The normalized spacial score (nSPS) is 10.6. The summed E-state index contributed by atoms with van der Waals surface area (Å²) in [6, 6.07) is 0. The molecule has 0 aromatic carbocycles. The molecule has 1 aromatic rings. The summed E-state index contributed by atoms with van der Waals surface area (Å²) < 4.78 is 5.23. The van der Waals surface area contributed by atoms with E-state index in [4.69, 9.17) is 5.11 Å². The van der Waals surface area contributed by atoms with Crippen LogP contribution < -0.4 is 0 Å². The zero-order valence-corrected chi connectivity index (χ0v) is 10.9. The van der Waals surface area contributed by atoms with E-state index in [1.165, 1.54) is 11.5 Å². The molecule has 0 bridgehead atoms. The zero-order valence-electron chi connectivity index (χ0n) is 9.31. The number of aromatic nitrogens is 2. The predicted octanol–water partition coefficient (Wildman–Crippen LogP) is 2.84. The molecule has 0 saturated carbocycles. The first-order valence-corrected chi connectivity index (χ1v) is 7.15. The number of carboxylic acids is 1. The molecule has 1 rings (SSSR count). The highest BCUT2D eigenvalue weighted by atomic mass is 32.2. The van der Waals surface area contributed by atoms with Crippen molar-refractivity contribution in [1.29, 1.82) is 0 Å². The average molecular weight is 260 g/mol. The van der Waals surface area contributed by atoms with Gasteiger partial charge in [-0.25, -0.2) is 4.98 Å². The van der Waals surface area contributed by atoms with Crippen molar-refractivity contribution in [2.75, 3.05) is 5.75 Å². The molecule has 1 heterocycles. The van der Waals surface area contributed by atoms with Crippen molar-refractivity contribution in [3.63, 3.8) is 0 Å². The van der Waals surface area contributed by atoms with Gasteiger partial charge in [-0.15, -0.1) is 0 Å². The number of carboxylic acid groups (broad SMARTS) is 1. The second-order valence-electron chi connectivity index (χ2n) is 3.38. The third-order valence-electron chi connectivity index (χ3n) is 2.03. The van der Waals surface area contributed by atoms with Crippen molar-refractivity contribution in [3.8, 4) is 0 Å². The molecule has 0 aliphatic rings. The average Bonchev–Trinajstić information content (AvgIpc) is 2.70. The lowest BCUT2D eigenvalue weighted by Crippen LogP contribution is -1.93. The predicted molar refractivity (Wildman–Crippen MR) is 66.1 cm³/mol. The highest BCUT2D eigenvalue weighted by Crippen LogP contribution is 2.21. The largest absolute Gasteiger partial charge is 0.481 e. The first-order valence-electron chi connectivity index (χ1n) is 5.39. The molecule has 90 valence electrons. The maximum Gasteiger partial charge on any atom is 0.303 e. The van der Waals surface area contributed by atoms with Gasteiger partial charge in [-0.3, -0.25) is 4.79 Å². The van der Waals surface area contributed by atoms with Gasteiger partial charge < -0.3 is 5.11 Å². The molecule has 0 atom stereocenters. The van der Waals surface area contributed by atoms with E-state index in [2.05, 4.69) is 9.36 Å². The fourth-order valence-electron chi connectivity index (χ4n) is 1.15. The molecule has 16 heavy (non-hydrogen) atoms. The van der Waals surface area contributed by atoms with E-state index in [1.54, 1.807) is 11.8 Å². The summed E-state index contributed by atoms with van der Waals surface area (Å²) in [4.78, 5) is 14.6. The van der Waals surface area contributed by atoms with E-state index in [1.807, 2.05) is 6.92 Å². The van der Waals surface area contributed by atoms with Gasteiger partial charge in [0.05, 0.1) is 0 Å². The van der Waals surface area contributed by atoms with Gasteiger partial charge in [-0.2, -0.15) is 4.37 Å². The third-order valence-corrected chi connectivity index (χ3v) is 3.98. The number of hydrogen-bond donors (Lipinski definition) is 1. The number of hydrogen-bond acceptors (Lipinski definition) is 5. The molecule has 4 nitrogen and oxygen atoms in total. The van der Waals surface area contributed by atoms with Crippen LogP contribution in [0.4, 0.5) is 0 Å². The van der Waals surface area contributed by atoms with Crippen LogP contribution in [-0.4, -0.2) is 26.2 Å². The van der Waals surface area contributed by atoms with Crippen LogP contribution in [0.15, 0.2) is 4.34 Å². The molecular weight excluding hydrogens is 244 g/mol. The van der Waals surface area contributed by atoms with Crippen LogP contribution in [0.3, 0.4) is 0 Å². The summed E-state index contributed by atoms with van der Waals surface area (Å²) in [5.41, 5.74) is 0. The Balaban J connectivity index is 2.04. The molecule has 0 aliphatic carbocycles. The Labute approximate surface area is 104 Å². The van der Waals surface area contributed by atoms with Gasteiger partial charge in [0.2, 0.25) is 0 Å². The van der Waals surface area contributed by atoms with Crippen LogP contribution in [0.1, 0.15) is 38.4 Å². The van der Waals surface area contributed by atoms with Gasteiger partial charge in [0.1, 0.15) is 5.82 Å². The lowest BCUT2D eigenvalue weighted by atomic mass is 10.2. The van der Waals surface area contributed by atoms with Crippen LogP contribution in [0, 0.1) is 0 Å². The SMILES string of the molecule is CCc1nsc(SCCCCCC(=O)O)n1. The molecule has 0 fully saturated rings. The van der Waals surface area contributed by atoms with Gasteiger partial charge in [0, 0.05) is 18.6 Å². The number of aliphatic carboxylic acids is 1. The number of carbonyl (C=O) groups is 1. The first kappa shape index (κ1) is 13.4. The molecule has 0 amide bonds. The Hall–Kier alpha value is -0.620. The van der Waals surface area contributed by atoms with E-state index in [9.17, 15) is 4.79 Å². The Kier molecular flexibility index (Phi) is 6.40. The standard InChI is InChI=1S/C10H16N2O2S2/c1-2-8-11-10(16-12-8)15-7-5-3-4-6-9(13)14/h2-7H2,1H3,(H,13,14). The second-order valence-corrected chi connectivity index (χ2v) is 5.48. The Bertz CT molecular complexity index is 328. The van der Waals surface area contributed by atoms with Gasteiger partial charge >= 0.3 is 5.97 Å². The molecule has 0 aliphatic heterocycles. The highest BCUT2D eigenvalue weighted by molar-refractivity contribution is 8.00. The number of unbranched alkanes of at least 4 members (excludes halogenated alkanes) is 2. The fraction of sp³-hybridized carbons (Fsp3) is 0.700. The minimum absolute atomic E-state index is 0.281. The Morgan fingerprint density at radius 1 is 1.44 bits per heavy atom. The quantitative estimate of drug-likeness (QED) is 0.575. The number of nitrogens with zero attached hydrogens (tertiary/aromatic N) is 2. The molecule has 1 N–H and O–H groups in total. The maximum absolute atomic E-state index is 10.3. The van der Waals surface area contributed by atoms with Crippen molar-refractivity contribution in [3.05, 3.63) is 5.82 Å². The second kappa shape index (κ2) is 7.62. The molecule has 0 saturated heterocycles. The summed E-state index contributed by atoms with van der Waals surface area (Å²) >= 11 is 3.16. The van der Waals surface area contributed by atoms with E-state index in [-0.39, 0.29) is 6.42 Å². The van der Waals surface area contributed by atoms with Gasteiger partial charge in [0.15, 0.2) is 4.34 Å². The van der Waals surface area contributed by atoms with E-state index in [0.29, 0.717) is 0 Å². The summed E-state index contributed by atoms with van der Waals surface area (Å²) in [5.74, 6) is 1.21. The molecule has 1 aromatic heterocycles. The number of rotatable bonds is 8. The van der Waals surface area contributed by atoms with E-state index in [0.717, 1.165) is 41.6 Å². The Morgan fingerprint density at radius 2 is 2.25 bits per heavy atom. The minimum atomic E-state index is -0.704. The number of thioether (sulfide) groups is 1. The van der Waals surface area contributed by atoms with Gasteiger partial charge in [0.25, 0.3) is 0 Å². The monoisotopic (exact) mass is 260 g/mol. The summed E-state index contributed by atoms with van der Waals surface area (Å²) in [7, 11) is 0. The van der Waals surface area contributed by atoms with Crippen molar-refractivity contribution >= 4 is 29.3 Å². The maximum atomic E-state index is 10.3. The minimum Gasteiger partial charge on any atom is -0.481 e. The van der Waals surface area contributed by atoms with Crippen molar-refractivity contribution < 1.29 is 9.90 Å². The van der Waals surface area contributed by atoms with Crippen LogP contribution in [-0.2, 0) is 11.2 Å². The molecule has 0 unspecified atom stereocenters. The van der Waals surface area contributed by atoms with Crippen LogP contribution in [0.5, 0.6) is 0 Å². The lowest BCUT2D eigenvalue weighted by Gasteiger charge is -1.97. The fourth-order valence-corrected chi connectivity index (χ4v) is 2.92. The van der Waals surface area contributed by atoms with Crippen molar-refractivity contribution in [2.45, 2.75) is 43.4 Å². The summed E-state index contributed by atoms with van der Waals surface area (Å²) in [6.45, 7) is 2.04. The topological polar surface area (TPSA) is 63.1 Å². The molecule has 6 heteroatoms. The van der Waals surface area contributed by atoms with Crippen LogP contribution >= 0.6 is 23.3 Å². The molecular formula is C10H16N2O2S2. The lowest BCUT2D eigenvalue weighted by molar-refractivity contribution is -0.137. The van der Waals surface area contributed by atoms with Gasteiger partial charge in [-0.05, 0) is 24.4 Å². The van der Waals surface area contributed by atoms with Crippen molar-refractivity contribution in [2.24, 2.45) is 0 Å². The van der Waals surface area contributed by atoms with E-state index >= 15 is 0 Å². The van der Waals surface area contributed by atoms with Crippen molar-refractivity contribution in [1.82, 2.24) is 9.36 Å². The van der Waals surface area contributed by atoms with Gasteiger partial charge in [-0.1, -0.05) is 25.1 Å². The summed E-state index contributed by atoms with van der Waals surface area (Å²) in [6.07, 6.45) is 3.95. The highest BCUT2D eigenvalue weighted by Gasteiger charge is 2.02. The van der Waals surface area contributed by atoms with Crippen LogP contribution in [0.25, 0.3) is 0 Å². The van der Waals surface area contributed by atoms with Crippen LogP contribution in [0.2, 0.25) is 0 Å². The zero-order chi connectivity index (χ0) is 11.8.